The second kappa shape index (κ2) is 6.09. The van der Waals surface area contributed by atoms with Crippen molar-refractivity contribution in [1.82, 2.24) is 10.3 Å². The van der Waals surface area contributed by atoms with Gasteiger partial charge in [0.25, 0.3) is 5.91 Å². The Balaban J connectivity index is 1.52. The average Bonchev–Trinajstić information content (AvgIpc) is 3.13. The van der Waals surface area contributed by atoms with Gasteiger partial charge in [0.15, 0.2) is 0 Å². The van der Waals surface area contributed by atoms with Crippen molar-refractivity contribution in [2.45, 2.75) is 31.8 Å². The second-order valence-electron chi connectivity index (χ2n) is 5.28. The summed E-state index contributed by atoms with van der Waals surface area (Å²) in [6, 6.07) is 7.64. The smallest absolute Gasteiger partial charge is 0.252 e. The van der Waals surface area contributed by atoms with Crippen molar-refractivity contribution in [3.05, 3.63) is 36.0 Å². The summed E-state index contributed by atoms with van der Waals surface area (Å²) in [4.78, 5) is 15.3. The zero-order chi connectivity index (χ0) is 13.8. The lowest BCUT2D eigenvalue weighted by atomic mass is 10.1. The van der Waals surface area contributed by atoms with Crippen LogP contribution in [0.25, 0.3) is 10.9 Å². The third-order valence-electron chi connectivity index (χ3n) is 3.88. The maximum Gasteiger partial charge on any atom is 0.252 e. The van der Waals surface area contributed by atoms with E-state index in [0.29, 0.717) is 24.8 Å². The quantitative estimate of drug-likeness (QED) is 0.822. The molecule has 20 heavy (non-hydrogen) atoms. The molecular formula is C16H20N2O2. The largest absolute Gasteiger partial charge is 0.376 e. The van der Waals surface area contributed by atoms with E-state index in [-0.39, 0.29) is 5.91 Å². The van der Waals surface area contributed by atoms with Crippen molar-refractivity contribution in [3.8, 4) is 0 Å². The Bertz CT molecular complexity index is 585. The molecule has 0 radical (unpaired) electrons. The van der Waals surface area contributed by atoms with Gasteiger partial charge in [-0.3, -0.25) is 4.79 Å². The van der Waals surface area contributed by atoms with Crippen LogP contribution in [0.15, 0.2) is 30.5 Å². The fraction of sp³-hybridized carbons (Fsp3) is 0.438. The van der Waals surface area contributed by atoms with Crippen LogP contribution in [0.4, 0.5) is 0 Å². The highest BCUT2D eigenvalue weighted by Gasteiger charge is 2.15. The molecule has 1 amide bonds. The first kappa shape index (κ1) is 13.2. The molecule has 4 nitrogen and oxygen atoms in total. The maximum absolute atomic E-state index is 12.2. The Labute approximate surface area is 118 Å². The average molecular weight is 272 g/mol. The van der Waals surface area contributed by atoms with E-state index in [9.17, 15) is 4.79 Å². The third-order valence-corrected chi connectivity index (χ3v) is 3.88. The number of H-pyrrole nitrogens is 1. The molecule has 1 aliphatic carbocycles. The number of rotatable bonds is 5. The molecule has 0 atom stereocenters. The zero-order valence-electron chi connectivity index (χ0n) is 11.5. The lowest BCUT2D eigenvalue weighted by Crippen LogP contribution is -2.28. The first-order chi connectivity index (χ1) is 9.84. The summed E-state index contributed by atoms with van der Waals surface area (Å²) in [7, 11) is 0. The molecule has 2 aromatic rings. The summed E-state index contributed by atoms with van der Waals surface area (Å²) in [6.45, 7) is 1.16. The molecule has 1 aromatic heterocycles. The summed E-state index contributed by atoms with van der Waals surface area (Å²) in [5, 5.41) is 3.89. The maximum atomic E-state index is 12.2. The minimum Gasteiger partial charge on any atom is -0.376 e. The van der Waals surface area contributed by atoms with E-state index in [4.69, 9.17) is 4.74 Å². The zero-order valence-corrected chi connectivity index (χ0v) is 11.5. The van der Waals surface area contributed by atoms with Gasteiger partial charge in [0.05, 0.1) is 12.7 Å². The van der Waals surface area contributed by atoms with Crippen LogP contribution in [-0.4, -0.2) is 30.1 Å². The van der Waals surface area contributed by atoms with Gasteiger partial charge in [-0.15, -0.1) is 0 Å². The Kier molecular flexibility index (Phi) is 4.02. The highest BCUT2D eigenvalue weighted by molar-refractivity contribution is 6.06. The number of hydrogen-bond acceptors (Lipinski definition) is 2. The monoisotopic (exact) mass is 272 g/mol. The van der Waals surface area contributed by atoms with Crippen LogP contribution < -0.4 is 5.32 Å². The standard InChI is InChI=1S/C16H20N2O2/c19-16(18-10-11-20-12-4-1-2-5-12)14-6-3-7-15-13(14)8-9-17-15/h3,6-9,12,17H,1-2,4-5,10-11H2,(H,18,19). The Morgan fingerprint density at radius 3 is 3.00 bits per heavy atom. The molecule has 1 heterocycles. The first-order valence-corrected chi connectivity index (χ1v) is 7.30. The van der Waals surface area contributed by atoms with Gasteiger partial charge in [0.2, 0.25) is 0 Å². The second-order valence-corrected chi connectivity index (χ2v) is 5.28. The Morgan fingerprint density at radius 1 is 1.30 bits per heavy atom. The Morgan fingerprint density at radius 2 is 2.15 bits per heavy atom. The summed E-state index contributed by atoms with van der Waals surface area (Å²) in [6.07, 6.45) is 7.12. The molecule has 106 valence electrons. The van der Waals surface area contributed by atoms with Crippen LogP contribution in [0.1, 0.15) is 36.0 Å². The van der Waals surface area contributed by atoms with Gasteiger partial charge in [-0.25, -0.2) is 0 Å². The molecule has 0 aliphatic heterocycles. The summed E-state index contributed by atoms with van der Waals surface area (Å²) < 4.78 is 5.74. The van der Waals surface area contributed by atoms with Crippen molar-refractivity contribution >= 4 is 16.8 Å². The summed E-state index contributed by atoms with van der Waals surface area (Å²) in [5.74, 6) is -0.0368. The van der Waals surface area contributed by atoms with E-state index in [1.54, 1.807) is 0 Å². The minimum absolute atomic E-state index is 0.0368. The van der Waals surface area contributed by atoms with Crippen molar-refractivity contribution in [1.29, 1.82) is 0 Å². The van der Waals surface area contributed by atoms with Gasteiger partial charge in [-0.05, 0) is 31.0 Å². The van der Waals surface area contributed by atoms with E-state index >= 15 is 0 Å². The fourth-order valence-electron chi connectivity index (χ4n) is 2.82. The summed E-state index contributed by atoms with van der Waals surface area (Å²) >= 11 is 0. The van der Waals surface area contributed by atoms with Gasteiger partial charge < -0.3 is 15.0 Å². The predicted molar refractivity (Wildman–Crippen MR) is 78.8 cm³/mol. The van der Waals surface area contributed by atoms with Crippen molar-refractivity contribution in [3.63, 3.8) is 0 Å². The molecule has 2 N–H and O–H groups in total. The lowest BCUT2D eigenvalue weighted by Gasteiger charge is -2.11. The molecule has 0 saturated heterocycles. The molecule has 0 bridgehead atoms. The van der Waals surface area contributed by atoms with Gasteiger partial charge >= 0.3 is 0 Å². The van der Waals surface area contributed by atoms with Crippen LogP contribution in [0, 0.1) is 0 Å². The molecule has 1 aliphatic rings. The minimum atomic E-state index is -0.0368. The fourth-order valence-corrected chi connectivity index (χ4v) is 2.82. The van der Waals surface area contributed by atoms with E-state index in [1.165, 1.54) is 12.8 Å². The topological polar surface area (TPSA) is 54.1 Å². The number of hydrogen-bond donors (Lipinski definition) is 2. The van der Waals surface area contributed by atoms with Crippen LogP contribution in [0.3, 0.4) is 0 Å². The van der Waals surface area contributed by atoms with E-state index in [0.717, 1.165) is 23.7 Å². The van der Waals surface area contributed by atoms with Gasteiger partial charge in [-0.1, -0.05) is 18.9 Å². The highest BCUT2D eigenvalue weighted by Crippen LogP contribution is 2.20. The van der Waals surface area contributed by atoms with Gasteiger partial charge in [0, 0.05) is 29.2 Å². The number of benzene rings is 1. The molecule has 4 heteroatoms. The number of nitrogens with one attached hydrogen (secondary N) is 2. The first-order valence-electron chi connectivity index (χ1n) is 7.30. The SMILES string of the molecule is O=C(NCCOC1CCCC1)c1cccc2[nH]ccc12. The number of carbonyl (C=O) groups is 1. The highest BCUT2D eigenvalue weighted by atomic mass is 16.5. The van der Waals surface area contributed by atoms with Gasteiger partial charge in [-0.2, -0.15) is 0 Å². The molecule has 0 spiro atoms. The molecule has 1 saturated carbocycles. The molecule has 0 unspecified atom stereocenters. The lowest BCUT2D eigenvalue weighted by molar-refractivity contribution is 0.0582. The van der Waals surface area contributed by atoms with Crippen molar-refractivity contribution in [2.24, 2.45) is 0 Å². The number of aromatic nitrogens is 1. The van der Waals surface area contributed by atoms with Crippen LogP contribution in [-0.2, 0) is 4.74 Å². The summed E-state index contributed by atoms with van der Waals surface area (Å²) in [5.41, 5.74) is 1.70. The molecule has 3 rings (SSSR count). The predicted octanol–water partition coefficient (Wildman–Crippen LogP) is 2.86. The third kappa shape index (κ3) is 2.85. The number of fused-ring (bicyclic) bond motifs is 1. The van der Waals surface area contributed by atoms with Crippen molar-refractivity contribution in [2.75, 3.05) is 13.2 Å². The van der Waals surface area contributed by atoms with Crippen LogP contribution >= 0.6 is 0 Å². The van der Waals surface area contributed by atoms with E-state index < -0.39 is 0 Å². The molecule has 1 fully saturated rings. The van der Waals surface area contributed by atoms with Crippen molar-refractivity contribution < 1.29 is 9.53 Å². The number of amides is 1. The van der Waals surface area contributed by atoms with Gasteiger partial charge in [0.1, 0.15) is 0 Å². The van der Waals surface area contributed by atoms with Crippen LogP contribution in [0.5, 0.6) is 0 Å². The molecule has 1 aromatic carbocycles. The number of aromatic amines is 1. The Hall–Kier alpha value is -1.81. The normalized spacial score (nSPS) is 15.8. The van der Waals surface area contributed by atoms with E-state index in [1.807, 2.05) is 30.5 Å². The van der Waals surface area contributed by atoms with Crippen LogP contribution in [0.2, 0.25) is 0 Å². The van der Waals surface area contributed by atoms with E-state index in [2.05, 4.69) is 10.3 Å². The number of carbonyl (C=O) groups excluding carboxylic acids is 1. The molecular weight excluding hydrogens is 252 g/mol. The number of ether oxygens (including phenoxy) is 1.